The van der Waals surface area contributed by atoms with Crippen molar-refractivity contribution in [3.8, 4) is 0 Å². The van der Waals surface area contributed by atoms with E-state index in [0.717, 1.165) is 11.1 Å². The minimum Gasteiger partial charge on any atom is -0.466 e. The number of carbonyl (C=O) groups is 1. The largest absolute Gasteiger partial charge is 0.466 e. The predicted octanol–water partition coefficient (Wildman–Crippen LogP) is 0.517. The molecule has 0 bridgehead atoms. The number of ether oxygens (including phenoxy) is 1. The topological polar surface area (TPSA) is 92.7 Å². The van der Waals surface area contributed by atoms with Crippen molar-refractivity contribution in [3.63, 3.8) is 0 Å². The fourth-order valence-corrected chi connectivity index (χ4v) is 3.64. The highest BCUT2D eigenvalue weighted by Gasteiger charge is 2.33. The smallest absolute Gasteiger partial charge is 0.306 e. The first-order valence-electron chi connectivity index (χ1n) is 6.84. The maximum atomic E-state index is 12.0. The Morgan fingerprint density at radius 1 is 1.43 bits per heavy atom. The van der Waals surface area contributed by atoms with Gasteiger partial charge in [-0.15, -0.1) is 0 Å². The van der Waals surface area contributed by atoms with Crippen LogP contribution in [-0.2, 0) is 26.0 Å². The average molecular weight is 313 g/mol. The maximum absolute atomic E-state index is 12.0. The fourth-order valence-electron chi connectivity index (χ4n) is 2.42. The second kappa shape index (κ2) is 6.55. The van der Waals surface area contributed by atoms with Gasteiger partial charge in [-0.3, -0.25) is 4.79 Å². The van der Waals surface area contributed by atoms with Crippen LogP contribution in [0.5, 0.6) is 0 Å². The zero-order valence-electron chi connectivity index (χ0n) is 11.8. The molecule has 7 heteroatoms. The van der Waals surface area contributed by atoms with Gasteiger partial charge in [-0.05, 0) is 18.1 Å². The van der Waals surface area contributed by atoms with Gasteiger partial charge < -0.3 is 9.84 Å². The summed E-state index contributed by atoms with van der Waals surface area (Å²) in [5.41, 5.74) is 1.72. The highest BCUT2D eigenvalue weighted by molar-refractivity contribution is 7.89. The van der Waals surface area contributed by atoms with Crippen LogP contribution in [0.25, 0.3) is 0 Å². The van der Waals surface area contributed by atoms with Crippen molar-refractivity contribution in [1.29, 1.82) is 0 Å². The normalized spacial score (nSPS) is 21.0. The van der Waals surface area contributed by atoms with Gasteiger partial charge in [0.25, 0.3) is 0 Å². The van der Waals surface area contributed by atoms with Gasteiger partial charge in [-0.1, -0.05) is 24.3 Å². The van der Waals surface area contributed by atoms with Crippen LogP contribution in [-0.4, -0.2) is 38.0 Å². The third-order valence-electron chi connectivity index (χ3n) is 3.39. The molecule has 2 N–H and O–H groups in total. The molecule has 1 aliphatic carbocycles. The number of carbonyl (C=O) groups excluding carboxylic acids is 1. The molecule has 6 nitrogen and oxygen atoms in total. The lowest BCUT2D eigenvalue weighted by Gasteiger charge is -2.17. The molecule has 0 fully saturated rings. The number of nitrogens with one attached hydrogen (secondary N) is 1. The van der Waals surface area contributed by atoms with Crippen LogP contribution in [0.3, 0.4) is 0 Å². The number of esters is 1. The molecule has 1 aliphatic rings. The van der Waals surface area contributed by atoms with Gasteiger partial charge in [0.2, 0.25) is 10.0 Å². The minimum absolute atomic E-state index is 0.201. The first-order chi connectivity index (χ1) is 9.93. The summed E-state index contributed by atoms with van der Waals surface area (Å²) in [5.74, 6) is -0.896. The molecule has 116 valence electrons. The molecule has 1 aromatic carbocycles. The third-order valence-corrected chi connectivity index (χ3v) is 4.75. The van der Waals surface area contributed by atoms with Gasteiger partial charge in [0.05, 0.1) is 30.9 Å². The van der Waals surface area contributed by atoms with E-state index >= 15 is 0 Å². The van der Waals surface area contributed by atoms with Crippen LogP contribution >= 0.6 is 0 Å². The fraction of sp³-hybridized carbons (Fsp3) is 0.500. The molecular formula is C14H19NO5S. The van der Waals surface area contributed by atoms with E-state index in [-0.39, 0.29) is 18.8 Å². The summed E-state index contributed by atoms with van der Waals surface area (Å²) in [4.78, 5) is 11.2. The van der Waals surface area contributed by atoms with E-state index in [1.807, 2.05) is 12.1 Å². The molecule has 21 heavy (non-hydrogen) atoms. The molecule has 0 aromatic heterocycles. The Kier molecular flexibility index (Phi) is 4.97. The Labute approximate surface area is 124 Å². The van der Waals surface area contributed by atoms with Gasteiger partial charge in [-0.25, -0.2) is 13.1 Å². The van der Waals surface area contributed by atoms with Gasteiger partial charge >= 0.3 is 5.97 Å². The lowest BCUT2D eigenvalue weighted by molar-refractivity contribution is -0.142. The van der Waals surface area contributed by atoms with Crippen molar-refractivity contribution < 1.29 is 23.1 Å². The molecular weight excluding hydrogens is 294 g/mol. The molecule has 2 rings (SSSR count). The molecule has 2 atom stereocenters. The van der Waals surface area contributed by atoms with E-state index < -0.39 is 28.1 Å². The van der Waals surface area contributed by atoms with Gasteiger partial charge in [0.15, 0.2) is 0 Å². The second-order valence-corrected chi connectivity index (χ2v) is 6.81. The average Bonchev–Trinajstić information content (AvgIpc) is 2.73. The summed E-state index contributed by atoms with van der Waals surface area (Å²) >= 11 is 0. The first kappa shape index (κ1) is 15.9. The zero-order chi connectivity index (χ0) is 15.5. The van der Waals surface area contributed by atoms with Crippen molar-refractivity contribution in [2.75, 3.05) is 12.4 Å². The van der Waals surface area contributed by atoms with Crippen molar-refractivity contribution in [1.82, 2.24) is 4.72 Å². The van der Waals surface area contributed by atoms with Crippen molar-refractivity contribution in [2.45, 2.75) is 31.9 Å². The number of aliphatic hydroxyl groups excluding tert-OH is 1. The van der Waals surface area contributed by atoms with E-state index in [2.05, 4.69) is 4.72 Å². The molecule has 0 aliphatic heterocycles. The Bertz CT molecular complexity index is 614. The number of rotatable bonds is 6. The molecule has 0 heterocycles. The molecule has 0 saturated carbocycles. The summed E-state index contributed by atoms with van der Waals surface area (Å²) in [6, 6.07) is 6.66. The molecule has 0 saturated heterocycles. The Hall–Kier alpha value is -1.44. The van der Waals surface area contributed by atoms with E-state index in [0.29, 0.717) is 6.42 Å². The first-order valence-corrected chi connectivity index (χ1v) is 8.49. The highest BCUT2D eigenvalue weighted by Crippen LogP contribution is 2.31. The van der Waals surface area contributed by atoms with Gasteiger partial charge in [-0.2, -0.15) is 0 Å². The highest BCUT2D eigenvalue weighted by atomic mass is 32.2. The lowest BCUT2D eigenvalue weighted by Crippen LogP contribution is -2.35. The number of aliphatic hydroxyl groups is 1. The minimum atomic E-state index is -3.66. The molecule has 0 amide bonds. The predicted molar refractivity (Wildman–Crippen MR) is 77.1 cm³/mol. The Morgan fingerprint density at radius 3 is 2.86 bits per heavy atom. The van der Waals surface area contributed by atoms with Crippen molar-refractivity contribution in [3.05, 3.63) is 35.4 Å². The summed E-state index contributed by atoms with van der Waals surface area (Å²) in [5, 5.41) is 10.0. The van der Waals surface area contributed by atoms with E-state index in [1.54, 1.807) is 19.1 Å². The molecule has 0 spiro atoms. The molecule has 0 radical (unpaired) electrons. The Morgan fingerprint density at radius 2 is 2.14 bits per heavy atom. The SMILES string of the molecule is CCOC(=O)CCS(=O)(=O)N[C@H]1c2ccccc2C[C@H]1O. The van der Waals surface area contributed by atoms with Gasteiger partial charge in [0.1, 0.15) is 0 Å². The molecule has 0 unspecified atom stereocenters. The van der Waals surface area contributed by atoms with E-state index in [4.69, 9.17) is 4.74 Å². The number of hydrogen-bond acceptors (Lipinski definition) is 5. The maximum Gasteiger partial charge on any atom is 0.306 e. The standard InChI is InChI=1S/C14H19NO5S/c1-2-20-13(17)7-8-21(18,19)15-14-11-6-4-3-5-10(11)9-12(14)16/h3-6,12,14-16H,2,7-9H2,1H3/t12-,14+/m1/s1. The summed E-state index contributed by atoms with van der Waals surface area (Å²) in [6.07, 6.45) is -0.575. The summed E-state index contributed by atoms with van der Waals surface area (Å²) < 4.78 is 31.2. The zero-order valence-corrected chi connectivity index (χ0v) is 12.6. The quantitative estimate of drug-likeness (QED) is 0.747. The summed E-state index contributed by atoms with van der Waals surface area (Å²) in [6.45, 7) is 1.89. The third kappa shape index (κ3) is 4.03. The number of fused-ring (bicyclic) bond motifs is 1. The lowest BCUT2D eigenvalue weighted by atomic mass is 10.1. The van der Waals surface area contributed by atoms with E-state index in [9.17, 15) is 18.3 Å². The van der Waals surface area contributed by atoms with E-state index in [1.165, 1.54) is 0 Å². The van der Waals surface area contributed by atoms with Crippen LogP contribution < -0.4 is 4.72 Å². The monoisotopic (exact) mass is 313 g/mol. The van der Waals surface area contributed by atoms with Crippen LogP contribution in [0, 0.1) is 0 Å². The Balaban J connectivity index is 2.02. The number of benzene rings is 1. The van der Waals surface area contributed by atoms with Crippen molar-refractivity contribution in [2.24, 2.45) is 0 Å². The van der Waals surface area contributed by atoms with Crippen LogP contribution in [0.1, 0.15) is 30.5 Å². The number of sulfonamides is 1. The van der Waals surface area contributed by atoms with Gasteiger partial charge in [0, 0.05) is 6.42 Å². The van der Waals surface area contributed by atoms with Crippen LogP contribution in [0.2, 0.25) is 0 Å². The van der Waals surface area contributed by atoms with Crippen molar-refractivity contribution >= 4 is 16.0 Å². The number of hydrogen-bond donors (Lipinski definition) is 2. The summed E-state index contributed by atoms with van der Waals surface area (Å²) in [7, 11) is -3.66. The van der Waals surface area contributed by atoms with Crippen LogP contribution in [0.15, 0.2) is 24.3 Å². The molecule has 1 aromatic rings. The second-order valence-electron chi connectivity index (χ2n) is 4.94. The van der Waals surface area contributed by atoms with Crippen LogP contribution in [0.4, 0.5) is 0 Å².